The van der Waals surface area contributed by atoms with Crippen LogP contribution in [0.3, 0.4) is 0 Å². The summed E-state index contributed by atoms with van der Waals surface area (Å²) in [6, 6.07) is 1.16. The Balaban J connectivity index is 1.76. The number of rotatable bonds is 1. The first-order valence-electron chi connectivity index (χ1n) is 5.79. The number of nitrogen functional groups attached to an aromatic ring is 1. The highest BCUT2D eigenvalue weighted by molar-refractivity contribution is 7.47. The molecule has 4 rings (SSSR count). The second-order valence-electron chi connectivity index (χ2n) is 4.95. The van der Waals surface area contributed by atoms with E-state index in [2.05, 4.69) is 14.0 Å². The predicted octanol–water partition coefficient (Wildman–Crippen LogP) is -0.374. The van der Waals surface area contributed by atoms with Gasteiger partial charge in [-0.2, -0.15) is 13.8 Å². The number of anilines is 1. The van der Waals surface area contributed by atoms with E-state index in [4.69, 9.17) is 15.4 Å². The van der Waals surface area contributed by atoms with Gasteiger partial charge in [0.2, 0.25) is 11.8 Å². The van der Waals surface area contributed by atoms with Crippen molar-refractivity contribution in [2.24, 2.45) is 0 Å². The maximum absolute atomic E-state index is 14.5. The minimum absolute atomic E-state index is 0.126. The fraction of sp³-hybridized carbons (Fsp3) is 0.556. The highest BCUT2D eigenvalue weighted by Crippen LogP contribution is 2.77. The molecule has 114 valence electrons. The summed E-state index contributed by atoms with van der Waals surface area (Å²) in [7, 11) is -4.53. The van der Waals surface area contributed by atoms with E-state index in [-0.39, 0.29) is 5.82 Å². The van der Waals surface area contributed by atoms with Crippen molar-refractivity contribution < 1.29 is 32.0 Å². The van der Waals surface area contributed by atoms with Crippen molar-refractivity contribution in [2.75, 3.05) is 5.73 Å². The third kappa shape index (κ3) is 1.44. The van der Waals surface area contributed by atoms with Crippen LogP contribution in [0.25, 0.3) is 0 Å². The third-order valence-corrected chi connectivity index (χ3v) is 4.76. The number of ether oxygens (including phenoxy) is 1. The molecule has 1 unspecified atom stereocenters. The van der Waals surface area contributed by atoms with Crippen molar-refractivity contribution in [3.8, 4) is 0 Å². The molecule has 0 amide bonds. The Kier molecular flexibility index (Phi) is 2.21. The third-order valence-electron chi connectivity index (χ3n) is 3.74. The zero-order chi connectivity index (χ0) is 15.2. The molecule has 9 nitrogen and oxygen atoms in total. The Morgan fingerprint density at radius 3 is 2.86 bits per heavy atom. The van der Waals surface area contributed by atoms with Crippen LogP contribution in [0.2, 0.25) is 0 Å². The largest absolute Gasteiger partial charge is 0.473 e. The first-order valence-corrected chi connectivity index (χ1v) is 7.28. The lowest BCUT2D eigenvalue weighted by molar-refractivity contribution is -0.176. The van der Waals surface area contributed by atoms with Crippen LogP contribution in [0.4, 0.5) is 14.6 Å². The molecule has 3 heterocycles. The number of alkyl halides is 2. The maximum atomic E-state index is 14.5. The molecule has 3 aliphatic rings. The van der Waals surface area contributed by atoms with E-state index in [9.17, 15) is 18.1 Å². The zero-order valence-electron chi connectivity index (χ0n) is 10.1. The molecule has 0 radical (unpaired) electrons. The Morgan fingerprint density at radius 1 is 1.48 bits per heavy atom. The van der Waals surface area contributed by atoms with Crippen LogP contribution in [0.15, 0.2) is 17.1 Å². The maximum Gasteiger partial charge on any atom is 0.473 e. The smallest absolute Gasteiger partial charge is 0.383 e. The average Bonchev–Trinajstić information content (AvgIpc) is 2.69. The molecule has 3 N–H and O–H groups in total. The molecular formula is C9H8F2N3O6P. The summed E-state index contributed by atoms with van der Waals surface area (Å²) in [4.78, 5) is 24.1. The van der Waals surface area contributed by atoms with Crippen LogP contribution >= 0.6 is 7.82 Å². The van der Waals surface area contributed by atoms with E-state index < -0.39 is 43.5 Å². The molecule has 0 aromatic carbocycles. The Morgan fingerprint density at radius 2 is 2.19 bits per heavy atom. The standard InChI is InChI=1S/C9H8F2N3O6P/c10-9(11)6(14-2-1-3(12)13-7(14)15)18-4-5-8(4,9)20-21(16,17)19-5/h1-2,4-6H,(H,16,17)(H2,12,13,15)/t4-,5+,6-,8-/m1/s1. The van der Waals surface area contributed by atoms with E-state index in [1.807, 2.05) is 0 Å². The van der Waals surface area contributed by atoms with Crippen LogP contribution in [-0.2, 0) is 18.3 Å². The molecule has 5 atom stereocenters. The van der Waals surface area contributed by atoms with Crippen molar-refractivity contribution in [2.45, 2.75) is 30.0 Å². The van der Waals surface area contributed by atoms with Gasteiger partial charge in [-0.1, -0.05) is 0 Å². The summed E-state index contributed by atoms with van der Waals surface area (Å²) in [5.41, 5.74) is 1.91. The van der Waals surface area contributed by atoms with Crippen LogP contribution in [0.1, 0.15) is 6.23 Å². The second kappa shape index (κ2) is 3.50. The minimum atomic E-state index is -4.53. The second-order valence-corrected chi connectivity index (χ2v) is 6.28. The summed E-state index contributed by atoms with van der Waals surface area (Å²) in [6.07, 6.45) is -3.57. The summed E-state index contributed by atoms with van der Waals surface area (Å²) in [5.74, 6) is -3.88. The molecule has 0 bridgehead atoms. The van der Waals surface area contributed by atoms with Gasteiger partial charge in [-0.25, -0.2) is 9.36 Å². The van der Waals surface area contributed by atoms with Crippen LogP contribution in [0.5, 0.6) is 0 Å². The molecule has 3 fully saturated rings. The molecule has 1 saturated carbocycles. The van der Waals surface area contributed by atoms with Gasteiger partial charge >= 0.3 is 19.4 Å². The van der Waals surface area contributed by atoms with Gasteiger partial charge in [0, 0.05) is 6.20 Å². The van der Waals surface area contributed by atoms with Gasteiger partial charge < -0.3 is 15.4 Å². The van der Waals surface area contributed by atoms with E-state index in [1.54, 1.807) is 0 Å². The predicted molar refractivity (Wildman–Crippen MR) is 60.3 cm³/mol. The van der Waals surface area contributed by atoms with Crippen molar-refractivity contribution in [1.29, 1.82) is 0 Å². The number of phosphoric ester groups is 1. The Hall–Kier alpha value is -1.39. The quantitative estimate of drug-likeness (QED) is 0.670. The van der Waals surface area contributed by atoms with Crippen molar-refractivity contribution in [3.05, 3.63) is 22.7 Å². The van der Waals surface area contributed by atoms with E-state index in [0.29, 0.717) is 4.57 Å². The van der Waals surface area contributed by atoms with Gasteiger partial charge in [0.25, 0.3) is 0 Å². The molecule has 1 aromatic heterocycles. The monoisotopic (exact) mass is 323 g/mol. The summed E-state index contributed by atoms with van der Waals surface area (Å²) in [5, 5.41) is 0. The topological polar surface area (TPSA) is 126 Å². The Labute approximate surface area is 114 Å². The molecule has 21 heavy (non-hydrogen) atoms. The fourth-order valence-corrected chi connectivity index (χ4v) is 4.08. The molecule has 2 saturated heterocycles. The number of aromatic nitrogens is 2. The van der Waals surface area contributed by atoms with E-state index >= 15 is 0 Å². The molecule has 1 aromatic rings. The first kappa shape index (κ1) is 13.3. The average molecular weight is 323 g/mol. The van der Waals surface area contributed by atoms with Crippen molar-refractivity contribution >= 4 is 13.6 Å². The van der Waals surface area contributed by atoms with Crippen molar-refractivity contribution in [3.63, 3.8) is 0 Å². The van der Waals surface area contributed by atoms with E-state index in [0.717, 1.165) is 12.3 Å². The number of nitrogens with two attached hydrogens (primary N) is 1. The summed E-state index contributed by atoms with van der Waals surface area (Å²) in [6.45, 7) is 0. The van der Waals surface area contributed by atoms with Crippen molar-refractivity contribution in [1.82, 2.24) is 9.55 Å². The number of nitrogens with zero attached hydrogens (tertiary/aromatic N) is 2. The van der Waals surface area contributed by atoms with Crippen LogP contribution < -0.4 is 11.4 Å². The van der Waals surface area contributed by atoms with Gasteiger partial charge in [-0.3, -0.25) is 13.6 Å². The van der Waals surface area contributed by atoms with Gasteiger partial charge in [-0.15, -0.1) is 0 Å². The number of hydrogen-bond acceptors (Lipinski definition) is 7. The summed E-state index contributed by atoms with van der Waals surface area (Å²) >= 11 is 0. The number of halogens is 2. The zero-order valence-corrected chi connectivity index (χ0v) is 10.9. The first-order chi connectivity index (χ1) is 9.69. The normalized spacial score (nSPS) is 46.1. The molecule has 1 aliphatic carbocycles. The van der Waals surface area contributed by atoms with Gasteiger partial charge in [0.15, 0.2) is 0 Å². The lowest BCUT2D eigenvalue weighted by atomic mass is 10.1. The highest BCUT2D eigenvalue weighted by Gasteiger charge is 2.94. The van der Waals surface area contributed by atoms with Gasteiger partial charge in [-0.05, 0) is 6.07 Å². The summed E-state index contributed by atoms with van der Waals surface area (Å²) < 4.78 is 54.9. The SMILES string of the molecule is Nc1ccn([C@@H]2O[C@@H]3[C@@H]4OP(=O)(O)O[C@]34C2(F)F)c(=O)n1. The number of phosphoric acid groups is 1. The molecule has 2 aliphatic heterocycles. The number of hydrogen-bond donors (Lipinski definition) is 2. The lowest BCUT2D eigenvalue weighted by Gasteiger charge is -2.25. The highest BCUT2D eigenvalue weighted by atomic mass is 31.2. The minimum Gasteiger partial charge on any atom is -0.383 e. The van der Waals surface area contributed by atoms with E-state index in [1.165, 1.54) is 0 Å². The lowest BCUT2D eigenvalue weighted by Crippen LogP contribution is -2.45. The Bertz CT molecular complexity index is 755. The molecule has 12 heteroatoms. The van der Waals surface area contributed by atoms with Gasteiger partial charge in [0.1, 0.15) is 18.0 Å². The fourth-order valence-electron chi connectivity index (χ4n) is 2.77. The van der Waals surface area contributed by atoms with Crippen LogP contribution in [0, 0.1) is 0 Å². The van der Waals surface area contributed by atoms with Crippen LogP contribution in [-0.4, -0.2) is 38.2 Å². The van der Waals surface area contributed by atoms with Gasteiger partial charge in [0.05, 0.1) is 0 Å². The number of fused-ring (bicyclic) bond motifs is 1. The molecule has 1 spiro atoms. The molecular weight excluding hydrogens is 315 g/mol.